The third-order valence-corrected chi connectivity index (χ3v) is 3.51. The number of nitrogens with zero attached hydrogens (tertiary/aromatic N) is 3. The summed E-state index contributed by atoms with van der Waals surface area (Å²) in [5, 5.41) is 16.1. The van der Waals surface area contributed by atoms with Crippen LogP contribution in [0, 0.1) is 0 Å². The Morgan fingerprint density at radius 2 is 1.90 bits per heavy atom. The number of aliphatic hydroxyl groups excluding tert-OH is 1. The van der Waals surface area contributed by atoms with E-state index in [1.165, 1.54) is 0 Å². The summed E-state index contributed by atoms with van der Waals surface area (Å²) in [6.45, 7) is 2.90. The van der Waals surface area contributed by atoms with Crippen molar-refractivity contribution in [2.45, 2.75) is 26.0 Å². The molecule has 0 saturated carbocycles. The van der Waals surface area contributed by atoms with E-state index < -0.39 is 6.10 Å². The third kappa shape index (κ3) is 2.30. The van der Waals surface area contributed by atoms with Crippen LogP contribution in [0.25, 0.3) is 10.9 Å². The molecule has 0 radical (unpaired) electrons. The number of para-hydroxylation sites is 1. The summed E-state index contributed by atoms with van der Waals surface area (Å²) in [5.41, 5.74) is 2.92. The van der Waals surface area contributed by atoms with Crippen molar-refractivity contribution >= 4 is 10.9 Å². The molecule has 3 aromatic rings. The predicted molar refractivity (Wildman–Crippen MR) is 78.3 cm³/mol. The Bertz CT molecular complexity index is 706. The monoisotopic (exact) mass is 267 g/mol. The molecule has 0 spiro atoms. The molecule has 1 unspecified atom stereocenters. The summed E-state index contributed by atoms with van der Waals surface area (Å²) < 4.78 is 1.98. The van der Waals surface area contributed by atoms with Gasteiger partial charge in [-0.2, -0.15) is 5.10 Å². The second kappa shape index (κ2) is 5.43. The van der Waals surface area contributed by atoms with Crippen LogP contribution >= 0.6 is 0 Å². The number of hydrogen-bond donors (Lipinski definition) is 1. The molecule has 2 heterocycles. The predicted octanol–water partition coefficient (Wildman–Crippen LogP) is 2.73. The average molecular weight is 267 g/mol. The lowest BCUT2D eigenvalue weighted by atomic mass is 10.0. The second-order valence-corrected chi connectivity index (χ2v) is 4.78. The van der Waals surface area contributed by atoms with E-state index in [9.17, 15) is 5.11 Å². The summed E-state index contributed by atoms with van der Waals surface area (Å²) in [6, 6.07) is 11.8. The number of aryl methyl sites for hydroxylation is 1. The third-order valence-electron chi connectivity index (χ3n) is 3.51. The molecule has 0 aliphatic carbocycles. The van der Waals surface area contributed by atoms with Gasteiger partial charge in [0, 0.05) is 30.7 Å². The number of aliphatic hydroxyl groups is 1. The van der Waals surface area contributed by atoms with Gasteiger partial charge in [0.25, 0.3) is 0 Å². The van der Waals surface area contributed by atoms with Gasteiger partial charge >= 0.3 is 0 Å². The van der Waals surface area contributed by atoms with Crippen LogP contribution in [-0.2, 0) is 13.0 Å². The van der Waals surface area contributed by atoms with Gasteiger partial charge in [-0.1, -0.05) is 18.2 Å². The van der Waals surface area contributed by atoms with E-state index in [0.717, 1.165) is 28.7 Å². The highest BCUT2D eigenvalue weighted by Crippen LogP contribution is 2.23. The first-order chi connectivity index (χ1) is 9.79. The summed E-state index contributed by atoms with van der Waals surface area (Å²) in [7, 11) is 0. The van der Waals surface area contributed by atoms with Crippen LogP contribution in [0.4, 0.5) is 0 Å². The average Bonchev–Trinajstić information content (AvgIpc) is 2.86. The number of fused-ring (bicyclic) bond motifs is 1. The largest absolute Gasteiger partial charge is 0.388 e. The fourth-order valence-corrected chi connectivity index (χ4v) is 2.47. The second-order valence-electron chi connectivity index (χ2n) is 4.78. The van der Waals surface area contributed by atoms with Gasteiger partial charge in [0.05, 0.1) is 17.3 Å². The van der Waals surface area contributed by atoms with Crippen LogP contribution in [-0.4, -0.2) is 19.9 Å². The molecule has 0 amide bonds. The van der Waals surface area contributed by atoms with E-state index in [4.69, 9.17) is 0 Å². The van der Waals surface area contributed by atoms with Gasteiger partial charge in [-0.15, -0.1) is 0 Å². The van der Waals surface area contributed by atoms with Crippen molar-refractivity contribution in [3.63, 3.8) is 0 Å². The Hall–Kier alpha value is -2.20. The van der Waals surface area contributed by atoms with Crippen LogP contribution in [0.3, 0.4) is 0 Å². The smallest absolute Gasteiger partial charge is 0.0847 e. The molecule has 0 saturated heterocycles. The highest BCUT2D eigenvalue weighted by Gasteiger charge is 2.14. The first-order valence-corrected chi connectivity index (χ1v) is 6.82. The molecule has 4 nitrogen and oxygen atoms in total. The highest BCUT2D eigenvalue weighted by molar-refractivity contribution is 5.82. The van der Waals surface area contributed by atoms with Gasteiger partial charge in [0.15, 0.2) is 0 Å². The molecule has 1 N–H and O–H groups in total. The van der Waals surface area contributed by atoms with Gasteiger partial charge in [-0.05, 0) is 30.7 Å². The molecule has 102 valence electrons. The lowest BCUT2D eigenvalue weighted by Crippen LogP contribution is -2.04. The van der Waals surface area contributed by atoms with Crippen LogP contribution in [0.2, 0.25) is 0 Å². The minimum absolute atomic E-state index is 0.511. The fraction of sp³-hybridized carbons (Fsp3) is 0.250. The molecular formula is C16H17N3O. The maximum Gasteiger partial charge on any atom is 0.0847 e. The molecule has 0 aliphatic heterocycles. The molecule has 20 heavy (non-hydrogen) atoms. The number of rotatable bonds is 4. The first kappa shape index (κ1) is 12.8. The van der Waals surface area contributed by atoms with Crippen molar-refractivity contribution in [1.82, 2.24) is 14.8 Å². The van der Waals surface area contributed by atoms with Crippen LogP contribution in [0.15, 0.2) is 48.8 Å². The molecule has 1 aromatic carbocycles. The maximum absolute atomic E-state index is 10.3. The van der Waals surface area contributed by atoms with Crippen molar-refractivity contribution in [1.29, 1.82) is 0 Å². The first-order valence-electron chi connectivity index (χ1n) is 6.82. The van der Waals surface area contributed by atoms with Crippen molar-refractivity contribution in [3.05, 3.63) is 60.0 Å². The van der Waals surface area contributed by atoms with Crippen LogP contribution < -0.4 is 0 Å². The molecule has 1 atom stereocenters. The lowest BCUT2D eigenvalue weighted by molar-refractivity contribution is 0.177. The SMILES string of the molecule is CCn1nc(CC(O)c2ccncc2)c2ccccc21. The summed E-state index contributed by atoms with van der Waals surface area (Å²) in [6.07, 6.45) is 3.35. The zero-order chi connectivity index (χ0) is 13.9. The van der Waals surface area contributed by atoms with Gasteiger partial charge in [0.2, 0.25) is 0 Å². The Kier molecular flexibility index (Phi) is 3.48. The lowest BCUT2D eigenvalue weighted by Gasteiger charge is -2.08. The molecular weight excluding hydrogens is 250 g/mol. The van der Waals surface area contributed by atoms with Gasteiger partial charge in [-0.3, -0.25) is 9.67 Å². The zero-order valence-corrected chi connectivity index (χ0v) is 11.4. The Morgan fingerprint density at radius 3 is 2.65 bits per heavy atom. The fourth-order valence-electron chi connectivity index (χ4n) is 2.47. The quantitative estimate of drug-likeness (QED) is 0.790. The van der Waals surface area contributed by atoms with Gasteiger partial charge in [0.1, 0.15) is 0 Å². The summed E-state index contributed by atoms with van der Waals surface area (Å²) >= 11 is 0. The van der Waals surface area contributed by atoms with Crippen LogP contribution in [0.1, 0.15) is 24.3 Å². The molecule has 3 rings (SSSR count). The van der Waals surface area contributed by atoms with Crippen molar-refractivity contribution in [2.24, 2.45) is 0 Å². The Morgan fingerprint density at radius 1 is 1.15 bits per heavy atom. The number of benzene rings is 1. The molecule has 2 aromatic heterocycles. The Balaban J connectivity index is 1.95. The zero-order valence-electron chi connectivity index (χ0n) is 11.4. The van der Waals surface area contributed by atoms with Gasteiger partial charge < -0.3 is 5.11 Å². The Labute approximate surface area is 117 Å². The van der Waals surface area contributed by atoms with E-state index >= 15 is 0 Å². The van der Waals surface area contributed by atoms with E-state index in [-0.39, 0.29) is 0 Å². The van der Waals surface area contributed by atoms with Gasteiger partial charge in [-0.25, -0.2) is 0 Å². The van der Waals surface area contributed by atoms with E-state index in [1.54, 1.807) is 12.4 Å². The number of hydrogen-bond acceptors (Lipinski definition) is 3. The molecule has 4 heteroatoms. The minimum atomic E-state index is -0.554. The normalized spacial score (nSPS) is 12.7. The summed E-state index contributed by atoms with van der Waals surface area (Å²) in [4.78, 5) is 3.97. The minimum Gasteiger partial charge on any atom is -0.388 e. The highest BCUT2D eigenvalue weighted by atomic mass is 16.3. The number of aromatic nitrogens is 3. The van der Waals surface area contributed by atoms with Crippen molar-refractivity contribution in [2.75, 3.05) is 0 Å². The van der Waals surface area contributed by atoms with Crippen molar-refractivity contribution in [3.8, 4) is 0 Å². The standard InChI is InChI=1S/C16H17N3O/c1-2-19-15-6-4-3-5-13(15)14(18-19)11-16(20)12-7-9-17-10-8-12/h3-10,16,20H,2,11H2,1H3. The van der Waals surface area contributed by atoms with Crippen LogP contribution in [0.5, 0.6) is 0 Å². The van der Waals surface area contributed by atoms with E-state index in [2.05, 4.69) is 29.1 Å². The molecule has 0 bridgehead atoms. The number of pyridine rings is 1. The maximum atomic E-state index is 10.3. The molecule has 0 aliphatic rings. The topological polar surface area (TPSA) is 50.9 Å². The van der Waals surface area contributed by atoms with E-state index in [1.807, 2.05) is 28.9 Å². The van der Waals surface area contributed by atoms with Crippen molar-refractivity contribution < 1.29 is 5.11 Å². The molecule has 0 fully saturated rings. The van der Waals surface area contributed by atoms with E-state index in [0.29, 0.717) is 6.42 Å². The summed E-state index contributed by atoms with van der Waals surface area (Å²) in [5.74, 6) is 0.